The molecule has 0 saturated heterocycles. The van der Waals surface area contributed by atoms with E-state index in [9.17, 15) is 20.2 Å². The standard InChI is InChI=1S/C18H21N3O4/c1-18(2,3)14-6-9-16(13(10-14)11-19)20-25-17(22)12-4-7-15(8-5-12)21(23)24/h4-5,7-8,13-14H,6,9-10H2,1-3H3/b20-16+/t13-,14+/m0/s1. The number of carbonyl (C=O) groups is 1. The lowest BCUT2D eigenvalue weighted by Crippen LogP contribution is -2.31. The number of oxime groups is 1. The molecule has 0 heterocycles. The highest BCUT2D eigenvalue weighted by Gasteiger charge is 2.34. The summed E-state index contributed by atoms with van der Waals surface area (Å²) in [4.78, 5) is 27.0. The third kappa shape index (κ3) is 4.63. The van der Waals surface area contributed by atoms with Gasteiger partial charge < -0.3 is 4.84 Å². The molecule has 25 heavy (non-hydrogen) atoms. The monoisotopic (exact) mass is 343 g/mol. The number of nitrogens with zero attached hydrogens (tertiary/aromatic N) is 3. The van der Waals surface area contributed by atoms with Gasteiger partial charge in [0, 0.05) is 12.1 Å². The molecule has 2 atom stereocenters. The van der Waals surface area contributed by atoms with Crippen LogP contribution in [0.5, 0.6) is 0 Å². The van der Waals surface area contributed by atoms with Gasteiger partial charge in [-0.2, -0.15) is 5.26 Å². The van der Waals surface area contributed by atoms with E-state index in [4.69, 9.17) is 4.84 Å². The zero-order chi connectivity index (χ0) is 18.6. The number of hydrogen-bond donors (Lipinski definition) is 0. The minimum absolute atomic E-state index is 0.104. The third-order valence-corrected chi connectivity index (χ3v) is 4.61. The van der Waals surface area contributed by atoms with Gasteiger partial charge in [0.05, 0.1) is 28.2 Å². The molecule has 1 aliphatic rings. The van der Waals surface area contributed by atoms with E-state index < -0.39 is 10.9 Å². The van der Waals surface area contributed by atoms with E-state index in [1.165, 1.54) is 24.3 Å². The fourth-order valence-electron chi connectivity index (χ4n) is 2.93. The highest BCUT2D eigenvalue weighted by Crippen LogP contribution is 2.39. The molecule has 1 fully saturated rings. The molecule has 0 aliphatic heterocycles. The van der Waals surface area contributed by atoms with Crippen LogP contribution in [0.25, 0.3) is 0 Å². The molecule has 0 radical (unpaired) electrons. The number of carbonyl (C=O) groups excluding carboxylic acids is 1. The predicted octanol–water partition coefficient (Wildman–Crippen LogP) is 4.09. The first-order chi connectivity index (χ1) is 11.7. The topological polar surface area (TPSA) is 106 Å². The molecule has 1 aromatic carbocycles. The molecule has 7 nitrogen and oxygen atoms in total. The largest absolute Gasteiger partial charge is 0.365 e. The summed E-state index contributed by atoms with van der Waals surface area (Å²) in [6.45, 7) is 6.47. The minimum Gasteiger partial charge on any atom is -0.313 e. The predicted molar refractivity (Wildman–Crippen MR) is 91.8 cm³/mol. The van der Waals surface area contributed by atoms with Crippen LogP contribution in [0.1, 0.15) is 50.4 Å². The fraction of sp³-hybridized carbons (Fsp3) is 0.500. The maximum Gasteiger partial charge on any atom is 0.365 e. The van der Waals surface area contributed by atoms with E-state index in [-0.39, 0.29) is 22.6 Å². The number of nitro groups is 1. The van der Waals surface area contributed by atoms with E-state index in [0.29, 0.717) is 24.5 Å². The molecular formula is C18H21N3O4. The van der Waals surface area contributed by atoms with Crippen LogP contribution in [-0.2, 0) is 4.84 Å². The van der Waals surface area contributed by atoms with Gasteiger partial charge in [-0.05, 0) is 42.7 Å². The molecule has 0 aromatic heterocycles. The zero-order valence-electron chi connectivity index (χ0n) is 14.6. The van der Waals surface area contributed by atoms with Crippen LogP contribution in [0, 0.1) is 38.7 Å². The number of nitro benzene ring substituents is 1. The number of nitriles is 1. The maximum atomic E-state index is 12.0. The van der Waals surface area contributed by atoms with Crippen molar-refractivity contribution >= 4 is 17.4 Å². The van der Waals surface area contributed by atoms with Crippen molar-refractivity contribution in [3.8, 4) is 6.07 Å². The van der Waals surface area contributed by atoms with E-state index in [2.05, 4.69) is 32.0 Å². The van der Waals surface area contributed by atoms with Crippen LogP contribution in [0.2, 0.25) is 0 Å². The quantitative estimate of drug-likeness (QED) is 0.467. The zero-order valence-corrected chi connectivity index (χ0v) is 14.6. The Morgan fingerprint density at radius 1 is 1.36 bits per heavy atom. The summed E-state index contributed by atoms with van der Waals surface area (Å²) in [6, 6.07) is 7.34. The van der Waals surface area contributed by atoms with Gasteiger partial charge >= 0.3 is 5.97 Å². The van der Waals surface area contributed by atoms with Crippen molar-refractivity contribution in [1.82, 2.24) is 0 Å². The van der Waals surface area contributed by atoms with Crippen LogP contribution < -0.4 is 0 Å². The van der Waals surface area contributed by atoms with E-state index in [1.807, 2.05) is 0 Å². The average molecular weight is 343 g/mol. The highest BCUT2D eigenvalue weighted by molar-refractivity contribution is 5.92. The Labute approximate surface area is 146 Å². The van der Waals surface area contributed by atoms with Gasteiger partial charge in [0.2, 0.25) is 0 Å². The number of benzene rings is 1. The summed E-state index contributed by atoms with van der Waals surface area (Å²) in [5.74, 6) is -0.638. The van der Waals surface area contributed by atoms with Crippen LogP contribution in [0.15, 0.2) is 29.4 Å². The second-order valence-corrected chi connectivity index (χ2v) is 7.28. The SMILES string of the molecule is CC(C)(C)[C@@H]1CC/C(=N\OC(=O)c2ccc([N+](=O)[O-])cc2)[C@H](C#N)C1. The molecule has 0 bridgehead atoms. The summed E-state index contributed by atoms with van der Waals surface area (Å²) < 4.78 is 0. The van der Waals surface area contributed by atoms with E-state index >= 15 is 0 Å². The van der Waals surface area contributed by atoms with Crippen molar-refractivity contribution in [3.63, 3.8) is 0 Å². The molecule has 0 unspecified atom stereocenters. The lowest BCUT2D eigenvalue weighted by molar-refractivity contribution is -0.384. The molecule has 0 N–H and O–H groups in total. The minimum atomic E-state index is -0.697. The lowest BCUT2D eigenvalue weighted by atomic mass is 9.69. The second kappa shape index (κ2) is 7.43. The first kappa shape index (κ1) is 18.6. The highest BCUT2D eigenvalue weighted by atomic mass is 16.7. The van der Waals surface area contributed by atoms with Gasteiger partial charge in [0.25, 0.3) is 5.69 Å². The van der Waals surface area contributed by atoms with Crippen molar-refractivity contribution in [3.05, 3.63) is 39.9 Å². The Bertz CT molecular complexity index is 726. The molecule has 7 heteroatoms. The maximum absolute atomic E-state index is 12.0. The van der Waals surface area contributed by atoms with Crippen LogP contribution >= 0.6 is 0 Å². The smallest absolute Gasteiger partial charge is 0.313 e. The van der Waals surface area contributed by atoms with Crippen molar-refractivity contribution in [2.75, 3.05) is 0 Å². The van der Waals surface area contributed by atoms with Gasteiger partial charge in [0.1, 0.15) is 0 Å². The Balaban J connectivity index is 2.04. The number of hydrogen-bond acceptors (Lipinski definition) is 6. The fourth-order valence-corrected chi connectivity index (χ4v) is 2.93. The molecule has 0 amide bonds. The van der Waals surface area contributed by atoms with Crippen LogP contribution in [-0.4, -0.2) is 16.6 Å². The first-order valence-corrected chi connectivity index (χ1v) is 8.14. The molecule has 1 aliphatic carbocycles. The molecule has 0 spiro atoms. The molecule has 1 aromatic rings. The second-order valence-electron chi connectivity index (χ2n) is 7.28. The molecule has 2 rings (SSSR count). The Kier molecular flexibility index (Phi) is 5.52. The lowest BCUT2D eigenvalue weighted by Gasteiger charge is -2.35. The number of rotatable bonds is 3. The molecule has 1 saturated carbocycles. The van der Waals surface area contributed by atoms with Gasteiger partial charge in [0.15, 0.2) is 0 Å². The van der Waals surface area contributed by atoms with Crippen LogP contribution in [0.3, 0.4) is 0 Å². The van der Waals surface area contributed by atoms with E-state index in [1.54, 1.807) is 0 Å². The molecular weight excluding hydrogens is 322 g/mol. The Morgan fingerprint density at radius 3 is 2.52 bits per heavy atom. The van der Waals surface area contributed by atoms with Gasteiger partial charge in [-0.1, -0.05) is 25.9 Å². The number of non-ortho nitro benzene ring substituents is 1. The molecule has 132 valence electrons. The van der Waals surface area contributed by atoms with E-state index in [0.717, 1.165) is 6.42 Å². The summed E-state index contributed by atoms with van der Waals surface area (Å²) in [5.41, 5.74) is 0.772. The summed E-state index contributed by atoms with van der Waals surface area (Å²) in [5, 5.41) is 23.9. The van der Waals surface area contributed by atoms with Crippen molar-refractivity contribution < 1.29 is 14.6 Å². The normalized spacial score (nSPS) is 22.2. The first-order valence-electron chi connectivity index (χ1n) is 8.14. The van der Waals surface area contributed by atoms with Crippen molar-refractivity contribution in [2.24, 2.45) is 22.4 Å². The summed E-state index contributed by atoms with van der Waals surface area (Å²) >= 11 is 0. The van der Waals surface area contributed by atoms with Crippen LogP contribution in [0.4, 0.5) is 5.69 Å². The van der Waals surface area contributed by atoms with Gasteiger partial charge in [-0.25, -0.2) is 4.79 Å². The Morgan fingerprint density at radius 2 is 2.00 bits per heavy atom. The van der Waals surface area contributed by atoms with Gasteiger partial charge in [-0.15, -0.1) is 0 Å². The average Bonchev–Trinajstić information content (AvgIpc) is 2.58. The van der Waals surface area contributed by atoms with Gasteiger partial charge in [-0.3, -0.25) is 10.1 Å². The third-order valence-electron chi connectivity index (χ3n) is 4.61. The van der Waals surface area contributed by atoms with Crippen molar-refractivity contribution in [2.45, 2.75) is 40.0 Å². The van der Waals surface area contributed by atoms with Crippen molar-refractivity contribution in [1.29, 1.82) is 5.26 Å². The summed E-state index contributed by atoms with van der Waals surface area (Å²) in [6.07, 6.45) is 2.22. The summed E-state index contributed by atoms with van der Waals surface area (Å²) in [7, 11) is 0. The Hall–Kier alpha value is -2.75.